The molecule has 1 aromatic carbocycles. The van der Waals surface area contributed by atoms with Crippen LogP contribution < -0.4 is 4.74 Å². The van der Waals surface area contributed by atoms with Crippen molar-refractivity contribution in [1.82, 2.24) is 4.98 Å². The highest BCUT2D eigenvalue weighted by atomic mass is 16.5. The first-order valence-electron chi connectivity index (χ1n) is 4.09. The van der Waals surface area contributed by atoms with Gasteiger partial charge in [-0.3, -0.25) is 0 Å². The second-order valence-corrected chi connectivity index (χ2v) is 2.76. The number of benzene rings is 1. The minimum absolute atomic E-state index is 0.578. The number of rotatable bonds is 2. The van der Waals surface area contributed by atoms with Crippen molar-refractivity contribution in [3.63, 3.8) is 0 Å². The van der Waals surface area contributed by atoms with Gasteiger partial charge in [-0.2, -0.15) is 4.99 Å². The molecular weight excluding hydrogens is 180 g/mol. The van der Waals surface area contributed by atoms with E-state index in [2.05, 4.69) is 9.98 Å². The molecule has 0 radical (unpaired) electrons. The van der Waals surface area contributed by atoms with Crippen LogP contribution >= 0.6 is 0 Å². The molecule has 0 saturated carbocycles. The Balaban J connectivity index is 2.75. The van der Waals surface area contributed by atoms with Gasteiger partial charge in [0.05, 0.1) is 12.6 Å². The van der Waals surface area contributed by atoms with Crippen LogP contribution in [0, 0.1) is 0 Å². The number of aromatic nitrogens is 1. The second-order valence-electron chi connectivity index (χ2n) is 2.76. The zero-order valence-electron chi connectivity index (χ0n) is 7.57. The predicted molar refractivity (Wildman–Crippen MR) is 52.6 cm³/mol. The quantitative estimate of drug-likeness (QED) is 0.579. The number of isocyanates is 1. The molecule has 0 amide bonds. The van der Waals surface area contributed by atoms with Crippen molar-refractivity contribution in [2.45, 2.75) is 0 Å². The van der Waals surface area contributed by atoms with Gasteiger partial charge in [-0.25, -0.2) is 4.79 Å². The smallest absolute Gasteiger partial charge is 0.240 e. The van der Waals surface area contributed by atoms with Crippen molar-refractivity contribution in [1.29, 1.82) is 0 Å². The van der Waals surface area contributed by atoms with Gasteiger partial charge in [0, 0.05) is 11.6 Å². The Morgan fingerprint density at radius 1 is 1.50 bits per heavy atom. The summed E-state index contributed by atoms with van der Waals surface area (Å²) in [5, 5.41) is 0.854. The number of ether oxygens (including phenoxy) is 1. The van der Waals surface area contributed by atoms with E-state index < -0.39 is 0 Å². The maximum atomic E-state index is 10.1. The summed E-state index contributed by atoms with van der Waals surface area (Å²) >= 11 is 0. The Hall–Kier alpha value is -2.06. The minimum Gasteiger partial charge on any atom is -0.495 e. The van der Waals surface area contributed by atoms with Crippen molar-refractivity contribution in [3.05, 3.63) is 24.4 Å². The van der Waals surface area contributed by atoms with Crippen LogP contribution in [0.2, 0.25) is 0 Å². The van der Waals surface area contributed by atoms with Crippen molar-refractivity contribution in [3.8, 4) is 5.75 Å². The van der Waals surface area contributed by atoms with E-state index in [1.54, 1.807) is 13.3 Å². The van der Waals surface area contributed by atoms with Gasteiger partial charge in [0.15, 0.2) is 0 Å². The summed E-state index contributed by atoms with van der Waals surface area (Å²) in [6.07, 6.45) is 3.16. The number of carbonyl (C=O) groups excluding carboxylic acids is 1. The molecular formula is C10H8N2O2. The molecule has 0 aliphatic heterocycles. The maximum absolute atomic E-state index is 10.1. The van der Waals surface area contributed by atoms with Crippen LogP contribution in [-0.4, -0.2) is 18.2 Å². The molecule has 2 rings (SSSR count). The molecule has 2 aromatic rings. The van der Waals surface area contributed by atoms with E-state index in [1.807, 2.05) is 18.2 Å². The van der Waals surface area contributed by atoms with Crippen LogP contribution in [0.5, 0.6) is 5.75 Å². The van der Waals surface area contributed by atoms with E-state index in [0.29, 0.717) is 5.69 Å². The van der Waals surface area contributed by atoms with Crippen LogP contribution in [0.1, 0.15) is 0 Å². The lowest BCUT2D eigenvalue weighted by molar-refractivity contribution is 0.419. The number of aromatic amines is 1. The number of nitrogens with one attached hydrogen (secondary N) is 1. The Labute approximate surface area is 80.2 Å². The average Bonchev–Trinajstić information content (AvgIpc) is 2.62. The number of nitrogens with zero attached hydrogens (tertiary/aromatic N) is 1. The maximum Gasteiger partial charge on any atom is 0.240 e. The van der Waals surface area contributed by atoms with Crippen LogP contribution in [0.3, 0.4) is 0 Å². The lowest BCUT2D eigenvalue weighted by Gasteiger charge is -1.99. The summed E-state index contributed by atoms with van der Waals surface area (Å²) in [6.45, 7) is 0. The van der Waals surface area contributed by atoms with Crippen molar-refractivity contribution in [2.75, 3.05) is 7.11 Å². The van der Waals surface area contributed by atoms with Gasteiger partial charge in [-0.1, -0.05) is 12.1 Å². The summed E-state index contributed by atoms with van der Waals surface area (Å²) in [6, 6.07) is 5.55. The van der Waals surface area contributed by atoms with Gasteiger partial charge in [0.25, 0.3) is 0 Å². The lowest BCUT2D eigenvalue weighted by atomic mass is 10.2. The highest BCUT2D eigenvalue weighted by Crippen LogP contribution is 2.31. The normalized spacial score (nSPS) is 9.79. The fraction of sp³-hybridized carbons (Fsp3) is 0.100. The highest BCUT2D eigenvalue weighted by molar-refractivity contribution is 5.95. The third-order valence-electron chi connectivity index (χ3n) is 2.04. The van der Waals surface area contributed by atoms with E-state index in [0.717, 1.165) is 16.7 Å². The van der Waals surface area contributed by atoms with E-state index in [1.165, 1.54) is 6.08 Å². The van der Waals surface area contributed by atoms with E-state index in [-0.39, 0.29) is 0 Å². The van der Waals surface area contributed by atoms with Gasteiger partial charge < -0.3 is 9.72 Å². The molecule has 4 nitrogen and oxygen atoms in total. The zero-order valence-corrected chi connectivity index (χ0v) is 7.57. The molecule has 1 N–H and O–H groups in total. The van der Waals surface area contributed by atoms with Gasteiger partial charge in [-0.15, -0.1) is 0 Å². The first-order chi connectivity index (χ1) is 6.86. The van der Waals surface area contributed by atoms with Crippen LogP contribution in [0.25, 0.3) is 10.9 Å². The van der Waals surface area contributed by atoms with Gasteiger partial charge in [0.2, 0.25) is 6.08 Å². The SMILES string of the molecule is COc1cccc2c(N=C=O)c[nH]c12. The molecule has 0 saturated heterocycles. The van der Waals surface area contributed by atoms with Crippen LogP contribution in [0.4, 0.5) is 5.69 Å². The first-order valence-corrected chi connectivity index (χ1v) is 4.09. The van der Waals surface area contributed by atoms with Gasteiger partial charge in [0.1, 0.15) is 11.4 Å². The number of hydrogen-bond acceptors (Lipinski definition) is 3. The third kappa shape index (κ3) is 1.18. The van der Waals surface area contributed by atoms with Crippen molar-refractivity contribution < 1.29 is 9.53 Å². The summed E-state index contributed by atoms with van der Waals surface area (Å²) in [7, 11) is 1.60. The van der Waals surface area contributed by atoms with Gasteiger partial charge in [-0.05, 0) is 6.07 Å². The molecule has 70 valence electrons. The van der Waals surface area contributed by atoms with Crippen LogP contribution in [-0.2, 0) is 4.79 Å². The molecule has 14 heavy (non-hydrogen) atoms. The molecule has 4 heteroatoms. The number of para-hydroxylation sites is 1. The van der Waals surface area contributed by atoms with Gasteiger partial charge >= 0.3 is 0 Å². The number of H-pyrrole nitrogens is 1. The average molecular weight is 188 g/mol. The Bertz CT molecular complexity index is 510. The fourth-order valence-corrected chi connectivity index (χ4v) is 1.42. The molecule has 0 unspecified atom stereocenters. The predicted octanol–water partition coefficient (Wildman–Crippen LogP) is 2.14. The third-order valence-corrected chi connectivity index (χ3v) is 2.04. The standard InChI is InChI=1S/C10H8N2O2/c1-14-9-4-2-3-7-8(12-6-13)5-11-10(7)9/h2-5,11H,1H3. The highest BCUT2D eigenvalue weighted by Gasteiger charge is 2.06. The number of hydrogen-bond donors (Lipinski definition) is 1. The Morgan fingerprint density at radius 3 is 3.07 bits per heavy atom. The minimum atomic E-state index is 0.578. The fourth-order valence-electron chi connectivity index (χ4n) is 1.42. The first kappa shape index (κ1) is 8.53. The zero-order chi connectivity index (χ0) is 9.97. The Morgan fingerprint density at radius 2 is 2.36 bits per heavy atom. The molecule has 0 atom stereocenters. The lowest BCUT2D eigenvalue weighted by Crippen LogP contribution is -1.82. The molecule has 1 heterocycles. The van der Waals surface area contributed by atoms with E-state index in [9.17, 15) is 4.79 Å². The molecule has 0 aliphatic rings. The number of aliphatic imine (C=N–C) groups is 1. The molecule has 0 fully saturated rings. The molecule has 0 bridgehead atoms. The summed E-state index contributed by atoms with van der Waals surface area (Å²) in [5.74, 6) is 0.731. The summed E-state index contributed by atoms with van der Waals surface area (Å²) < 4.78 is 5.15. The van der Waals surface area contributed by atoms with Crippen LogP contribution in [0.15, 0.2) is 29.4 Å². The topological polar surface area (TPSA) is 54.4 Å². The largest absolute Gasteiger partial charge is 0.495 e. The van der Waals surface area contributed by atoms with Crippen molar-refractivity contribution in [2.24, 2.45) is 4.99 Å². The van der Waals surface area contributed by atoms with E-state index >= 15 is 0 Å². The monoisotopic (exact) mass is 188 g/mol. The molecule has 0 spiro atoms. The molecule has 0 aliphatic carbocycles. The van der Waals surface area contributed by atoms with Crippen molar-refractivity contribution >= 4 is 22.7 Å². The van der Waals surface area contributed by atoms with E-state index in [4.69, 9.17) is 4.74 Å². The summed E-state index contributed by atoms with van der Waals surface area (Å²) in [4.78, 5) is 16.7. The molecule has 1 aromatic heterocycles. The number of methoxy groups -OCH3 is 1. The number of fused-ring (bicyclic) bond motifs is 1. The second kappa shape index (κ2) is 3.36. The Kier molecular flexibility index (Phi) is 2.05. The summed E-state index contributed by atoms with van der Waals surface area (Å²) in [5.41, 5.74) is 1.41.